The van der Waals surface area contributed by atoms with Crippen molar-refractivity contribution < 1.29 is 9.18 Å². The van der Waals surface area contributed by atoms with Crippen molar-refractivity contribution in [3.8, 4) is 11.9 Å². The zero-order chi connectivity index (χ0) is 25.9. The van der Waals surface area contributed by atoms with Crippen LogP contribution in [0.15, 0.2) is 48.9 Å². The van der Waals surface area contributed by atoms with E-state index in [0.29, 0.717) is 41.6 Å². The highest BCUT2D eigenvalue weighted by Gasteiger charge is 2.33. The molecule has 4 heterocycles. The zero-order valence-electron chi connectivity index (χ0n) is 20.4. The summed E-state index contributed by atoms with van der Waals surface area (Å²) in [6, 6.07) is 10.9. The lowest BCUT2D eigenvalue weighted by atomic mass is 9.97. The Morgan fingerprint density at radius 1 is 1.24 bits per heavy atom. The molecule has 11 heteroatoms. The number of pyridine rings is 2. The van der Waals surface area contributed by atoms with Crippen molar-refractivity contribution in [1.29, 1.82) is 5.26 Å². The Balaban J connectivity index is 1.22. The molecule has 188 valence electrons. The summed E-state index contributed by atoms with van der Waals surface area (Å²) >= 11 is 0. The molecule has 0 radical (unpaired) electrons. The molecule has 4 aromatic rings. The average molecular weight is 500 g/mol. The molecule has 1 aliphatic rings. The van der Waals surface area contributed by atoms with Gasteiger partial charge in [-0.15, -0.1) is 0 Å². The molecule has 1 aliphatic carbocycles. The van der Waals surface area contributed by atoms with Gasteiger partial charge in [-0.2, -0.15) is 15.5 Å². The van der Waals surface area contributed by atoms with E-state index < -0.39 is 5.82 Å². The predicted octanol–water partition coefficient (Wildman–Crippen LogP) is 4.21. The molecule has 1 amide bonds. The summed E-state index contributed by atoms with van der Waals surface area (Å²) in [5, 5.41) is 26.8. The maximum Gasteiger partial charge on any atom is 0.223 e. The number of hydrogen-bond acceptors (Lipinski definition) is 7. The quantitative estimate of drug-likeness (QED) is 0.346. The normalized spacial score (nSPS) is 17.8. The van der Waals surface area contributed by atoms with E-state index >= 15 is 0 Å². The summed E-state index contributed by atoms with van der Waals surface area (Å²) in [6.07, 6.45) is 6.13. The predicted molar refractivity (Wildman–Crippen MR) is 134 cm³/mol. The Kier molecular flexibility index (Phi) is 6.64. The summed E-state index contributed by atoms with van der Waals surface area (Å²) in [5.41, 5.74) is 2.99. The highest BCUT2D eigenvalue weighted by atomic mass is 19.1. The third-order valence-corrected chi connectivity index (χ3v) is 6.61. The number of carbonyl (C=O) groups is 1. The Labute approximate surface area is 213 Å². The van der Waals surface area contributed by atoms with Crippen molar-refractivity contribution >= 4 is 17.5 Å². The van der Waals surface area contributed by atoms with Crippen LogP contribution in [0.1, 0.15) is 60.7 Å². The van der Waals surface area contributed by atoms with Crippen molar-refractivity contribution in [3.63, 3.8) is 0 Å². The molecule has 0 unspecified atom stereocenters. The number of nitrogens with one attached hydrogen (secondary N) is 3. The Bertz CT molecular complexity index is 1450. The lowest BCUT2D eigenvalue weighted by Gasteiger charge is -2.18. The maximum atomic E-state index is 13.2. The molecule has 0 bridgehead atoms. The van der Waals surface area contributed by atoms with Gasteiger partial charge >= 0.3 is 0 Å². The van der Waals surface area contributed by atoms with Crippen LogP contribution in [0.4, 0.5) is 16.0 Å². The second kappa shape index (κ2) is 10.2. The van der Waals surface area contributed by atoms with Gasteiger partial charge in [0.25, 0.3) is 0 Å². The van der Waals surface area contributed by atoms with Crippen LogP contribution in [0.2, 0.25) is 0 Å². The first-order valence-electron chi connectivity index (χ1n) is 12.1. The molecule has 10 nitrogen and oxygen atoms in total. The van der Waals surface area contributed by atoms with Crippen molar-refractivity contribution in [2.24, 2.45) is 5.92 Å². The van der Waals surface area contributed by atoms with Crippen LogP contribution < -0.4 is 10.6 Å². The van der Waals surface area contributed by atoms with Crippen LogP contribution in [0, 0.1) is 30.0 Å². The van der Waals surface area contributed by atoms with E-state index in [0.717, 1.165) is 23.9 Å². The van der Waals surface area contributed by atoms with Gasteiger partial charge in [-0.05, 0) is 56.9 Å². The number of nitriles is 1. The number of aromatic nitrogens is 6. The molecule has 3 N–H and O–H groups in total. The van der Waals surface area contributed by atoms with Gasteiger partial charge in [0, 0.05) is 29.8 Å². The van der Waals surface area contributed by atoms with E-state index in [1.165, 1.54) is 10.9 Å². The maximum absolute atomic E-state index is 13.2. The molecule has 5 rings (SSSR count). The number of hydrogen-bond donors (Lipinski definition) is 3. The Hall–Kier alpha value is -4.59. The highest BCUT2D eigenvalue weighted by Crippen LogP contribution is 2.39. The molecular weight excluding hydrogens is 473 g/mol. The highest BCUT2D eigenvalue weighted by molar-refractivity contribution is 5.79. The zero-order valence-corrected chi connectivity index (χ0v) is 20.4. The first kappa shape index (κ1) is 24.1. The minimum Gasteiger partial charge on any atom is -0.349 e. The third-order valence-electron chi connectivity index (χ3n) is 6.61. The minimum absolute atomic E-state index is 0.0128. The summed E-state index contributed by atoms with van der Waals surface area (Å²) < 4.78 is 14.6. The van der Waals surface area contributed by atoms with Crippen LogP contribution in [0.25, 0.3) is 5.82 Å². The van der Waals surface area contributed by atoms with Crippen molar-refractivity contribution in [2.75, 3.05) is 5.32 Å². The second-order valence-electron chi connectivity index (χ2n) is 9.29. The lowest BCUT2D eigenvalue weighted by molar-refractivity contribution is -0.125. The molecule has 0 saturated heterocycles. The Morgan fingerprint density at radius 2 is 2.11 bits per heavy atom. The smallest absolute Gasteiger partial charge is 0.223 e. The minimum atomic E-state index is -0.436. The molecule has 0 aromatic carbocycles. The van der Waals surface area contributed by atoms with Crippen LogP contribution in [0.5, 0.6) is 0 Å². The van der Waals surface area contributed by atoms with E-state index in [2.05, 4.69) is 37.0 Å². The largest absolute Gasteiger partial charge is 0.349 e. The topological polar surface area (TPSA) is 137 Å². The number of carbonyl (C=O) groups excluding carboxylic acids is 1. The first-order valence-corrected chi connectivity index (χ1v) is 12.1. The van der Waals surface area contributed by atoms with Gasteiger partial charge < -0.3 is 10.6 Å². The van der Waals surface area contributed by atoms with Crippen molar-refractivity contribution in [2.45, 2.75) is 45.1 Å². The Morgan fingerprint density at radius 3 is 2.78 bits per heavy atom. The molecule has 0 aliphatic heterocycles. The van der Waals surface area contributed by atoms with Gasteiger partial charge in [0.05, 0.1) is 29.7 Å². The fraction of sp³-hybridized carbons (Fsp3) is 0.308. The SMILES string of the molecule is Cc1cc(Nc2ccc(C#N)c([C@H]3CC[C@H](C(=O)N[C@@H](C)c4ccc(-n5cc(F)cn5)nc4)C3)n2)n[nH]1. The summed E-state index contributed by atoms with van der Waals surface area (Å²) in [4.78, 5) is 22.1. The average Bonchev–Trinajstić information content (AvgIpc) is 3.65. The number of aromatic amines is 1. The first-order chi connectivity index (χ1) is 17.9. The van der Waals surface area contributed by atoms with Crippen molar-refractivity contribution in [1.82, 2.24) is 35.3 Å². The van der Waals surface area contributed by atoms with Crippen LogP contribution in [0.3, 0.4) is 0 Å². The number of anilines is 2. The summed E-state index contributed by atoms with van der Waals surface area (Å²) in [5.74, 6) is 1.12. The number of H-pyrrole nitrogens is 1. The van der Waals surface area contributed by atoms with Crippen molar-refractivity contribution in [3.05, 3.63) is 77.3 Å². The summed E-state index contributed by atoms with van der Waals surface area (Å²) in [6.45, 7) is 3.81. The van der Waals surface area contributed by atoms with Gasteiger partial charge in [0.15, 0.2) is 17.5 Å². The van der Waals surface area contributed by atoms with Gasteiger partial charge in [-0.3, -0.25) is 9.89 Å². The van der Waals surface area contributed by atoms with Gasteiger partial charge in [0.2, 0.25) is 5.91 Å². The molecular formula is C26H26FN9O. The molecule has 1 saturated carbocycles. The molecule has 4 aromatic heterocycles. The van der Waals surface area contributed by atoms with E-state index in [4.69, 9.17) is 4.98 Å². The van der Waals surface area contributed by atoms with E-state index in [-0.39, 0.29) is 23.8 Å². The van der Waals surface area contributed by atoms with Gasteiger partial charge in [0.1, 0.15) is 11.9 Å². The fourth-order valence-electron chi connectivity index (χ4n) is 4.66. The fourth-order valence-corrected chi connectivity index (χ4v) is 4.66. The molecule has 3 atom stereocenters. The lowest BCUT2D eigenvalue weighted by Crippen LogP contribution is -2.31. The van der Waals surface area contributed by atoms with Gasteiger partial charge in [-0.1, -0.05) is 6.07 Å². The van der Waals surface area contributed by atoms with E-state index in [1.54, 1.807) is 24.4 Å². The number of amides is 1. The third kappa shape index (κ3) is 5.33. The van der Waals surface area contributed by atoms with E-state index in [9.17, 15) is 14.4 Å². The summed E-state index contributed by atoms with van der Waals surface area (Å²) in [7, 11) is 0. The number of halogens is 1. The van der Waals surface area contributed by atoms with Crippen LogP contribution >= 0.6 is 0 Å². The molecule has 1 fully saturated rings. The second-order valence-corrected chi connectivity index (χ2v) is 9.29. The molecule has 37 heavy (non-hydrogen) atoms. The molecule has 0 spiro atoms. The van der Waals surface area contributed by atoms with Crippen LogP contribution in [-0.4, -0.2) is 35.9 Å². The number of nitrogens with zero attached hydrogens (tertiary/aromatic N) is 6. The number of rotatable bonds is 7. The van der Waals surface area contributed by atoms with Crippen LogP contribution in [-0.2, 0) is 4.79 Å². The van der Waals surface area contributed by atoms with E-state index in [1.807, 2.05) is 26.0 Å². The monoisotopic (exact) mass is 499 g/mol. The van der Waals surface area contributed by atoms with Gasteiger partial charge in [-0.25, -0.2) is 19.0 Å². The standard InChI is InChI=1S/C26H26FN9O/c1-15-9-23(35-34-15)32-22-7-5-19(11-28)25(33-22)17-3-4-18(10-17)26(37)31-16(2)20-6-8-24(29-12-20)36-14-21(27)13-30-36/h5-9,12-14,16-18H,3-4,10H2,1-2H3,(H,31,37)(H2,32,33,34,35)/t16-,17-,18-/m0/s1. The number of aryl methyl sites for hydroxylation is 1.